The van der Waals surface area contributed by atoms with Gasteiger partial charge in [0.25, 0.3) is 0 Å². The maximum absolute atomic E-state index is 15.0. The van der Waals surface area contributed by atoms with Crippen LogP contribution in [0.15, 0.2) is 42.6 Å². The number of fused-ring (bicyclic) bond motifs is 3. The molecule has 2 aliphatic heterocycles. The van der Waals surface area contributed by atoms with Crippen molar-refractivity contribution >= 4 is 10.9 Å². The van der Waals surface area contributed by atoms with Gasteiger partial charge in [0.1, 0.15) is 18.0 Å². The number of hydrogen-bond donors (Lipinski definition) is 1. The van der Waals surface area contributed by atoms with Gasteiger partial charge in [-0.2, -0.15) is 5.10 Å². The summed E-state index contributed by atoms with van der Waals surface area (Å²) in [7, 11) is 0. The number of alkyl halides is 2. The molecule has 0 radical (unpaired) electrons. The first kappa shape index (κ1) is 22.0. The number of likely N-dealkylation sites (tertiary alicyclic amines) is 1. The molecule has 1 saturated heterocycles. The van der Waals surface area contributed by atoms with Crippen molar-refractivity contribution in [1.82, 2.24) is 20.0 Å². The fourth-order valence-corrected chi connectivity index (χ4v) is 5.66. The van der Waals surface area contributed by atoms with E-state index in [9.17, 15) is 8.78 Å². The molecule has 180 valence electrons. The summed E-state index contributed by atoms with van der Waals surface area (Å²) in [5, 5.41) is 8.50. The molecule has 1 saturated carbocycles. The van der Waals surface area contributed by atoms with Gasteiger partial charge in [-0.25, -0.2) is 4.39 Å². The normalized spacial score (nSPS) is 24.7. The summed E-state index contributed by atoms with van der Waals surface area (Å²) in [4.78, 5) is 4.57. The summed E-state index contributed by atoms with van der Waals surface area (Å²) in [5.74, 6) is 1.03. The van der Waals surface area contributed by atoms with E-state index >= 15 is 0 Å². The lowest BCUT2D eigenvalue weighted by Crippen LogP contribution is -2.49. The smallest absolute Gasteiger partial charge is 0.124 e. The summed E-state index contributed by atoms with van der Waals surface area (Å²) >= 11 is 0. The maximum atomic E-state index is 15.0. The van der Waals surface area contributed by atoms with Crippen molar-refractivity contribution in [1.29, 1.82) is 0 Å². The molecule has 7 heteroatoms. The number of hydrogen-bond acceptors (Lipinski definition) is 4. The van der Waals surface area contributed by atoms with Crippen LogP contribution in [0, 0.1) is 5.92 Å². The van der Waals surface area contributed by atoms with Gasteiger partial charge >= 0.3 is 0 Å². The van der Waals surface area contributed by atoms with Gasteiger partial charge in [0.2, 0.25) is 0 Å². The average molecular weight is 467 g/mol. The Morgan fingerprint density at radius 1 is 1.15 bits per heavy atom. The van der Waals surface area contributed by atoms with Crippen molar-refractivity contribution in [3.63, 3.8) is 0 Å². The predicted octanol–water partition coefficient (Wildman–Crippen LogP) is 4.68. The second kappa shape index (κ2) is 8.61. The number of aromatic nitrogens is 2. The lowest BCUT2D eigenvalue weighted by Gasteiger charge is -2.43. The van der Waals surface area contributed by atoms with Gasteiger partial charge in [0.05, 0.1) is 24.4 Å². The van der Waals surface area contributed by atoms with Crippen molar-refractivity contribution in [2.45, 2.75) is 43.9 Å². The van der Waals surface area contributed by atoms with Crippen LogP contribution in [0.1, 0.15) is 42.5 Å². The third kappa shape index (κ3) is 4.09. The monoisotopic (exact) mass is 466 g/mol. The number of H-pyrrole nitrogens is 1. The van der Waals surface area contributed by atoms with Gasteiger partial charge in [-0.05, 0) is 61.1 Å². The summed E-state index contributed by atoms with van der Waals surface area (Å²) in [6, 6.07) is 12.8. The molecule has 5 nitrogen and oxygen atoms in total. The third-order valence-corrected chi connectivity index (χ3v) is 7.85. The Balaban J connectivity index is 1.24. The van der Waals surface area contributed by atoms with E-state index < -0.39 is 5.67 Å². The van der Waals surface area contributed by atoms with Crippen LogP contribution in [0.25, 0.3) is 10.9 Å². The molecule has 1 aromatic heterocycles. The molecule has 1 N–H and O–H groups in total. The second-order valence-corrected chi connectivity index (χ2v) is 10.4. The lowest BCUT2D eigenvalue weighted by molar-refractivity contribution is 0.0668. The molecular formula is C27H32F2N4O. The van der Waals surface area contributed by atoms with E-state index in [0.717, 1.165) is 48.3 Å². The van der Waals surface area contributed by atoms with Crippen LogP contribution in [-0.2, 0) is 6.42 Å². The maximum Gasteiger partial charge on any atom is 0.124 e. The number of rotatable bonds is 8. The highest BCUT2D eigenvalue weighted by Gasteiger charge is 2.48. The number of benzene rings is 2. The molecule has 0 unspecified atom stereocenters. The lowest BCUT2D eigenvalue weighted by atomic mass is 9.83. The first-order valence-corrected chi connectivity index (χ1v) is 12.4. The van der Waals surface area contributed by atoms with Gasteiger partial charge in [0.15, 0.2) is 0 Å². The standard InChI is InChI=1S/C27H32F2N4O/c1-18-12-23-22(6-7-25-24(23)14-30-31-25)26(33(18)17-27(29)8-9-27)20-2-4-21(5-3-20)34-11-10-32-15-19(13-28)16-32/h2-7,14,18-19,26H,8-13,15-17H2,1H3,(H,30,31)/t18-,26-/m1/s1. The zero-order valence-corrected chi connectivity index (χ0v) is 19.6. The van der Waals surface area contributed by atoms with Gasteiger partial charge in [0, 0.05) is 43.5 Å². The van der Waals surface area contributed by atoms with Crippen LogP contribution in [0.3, 0.4) is 0 Å². The molecule has 2 aromatic carbocycles. The van der Waals surface area contributed by atoms with E-state index in [-0.39, 0.29) is 24.7 Å². The molecule has 3 heterocycles. The Bertz CT molecular complexity index is 1150. The largest absolute Gasteiger partial charge is 0.492 e. The van der Waals surface area contributed by atoms with Crippen LogP contribution in [0.2, 0.25) is 0 Å². The van der Waals surface area contributed by atoms with Crippen LogP contribution < -0.4 is 4.74 Å². The summed E-state index contributed by atoms with van der Waals surface area (Å²) in [6.45, 7) is 5.52. The zero-order valence-electron chi connectivity index (χ0n) is 19.6. The number of aromatic amines is 1. The predicted molar refractivity (Wildman–Crippen MR) is 129 cm³/mol. The Labute approximate surface area is 199 Å². The minimum absolute atomic E-state index is 0.000883. The fourth-order valence-electron chi connectivity index (χ4n) is 5.66. The van der Waals surface area contributed by atoms with Crippen molar-refractivity contribution in [3.05, 3.63) is 59.3 Å². The van der Waals surface area contributed by atoms with E-state index in [0.29, 0.717) is 26.0 Å². The Hall–Kier alpha value is -2.51. The highest BCUT2D eigenvalue weighted by molar-refractivity contribution is 5.83. The number of halogens is 2. The number of nitrogens with one attached hydrogen (secondary N) is 1. The van der Waals surface area contributed by atoms with Gasteiger partial charge in [-0.3, -0.25) is 19.3 Å². The molecule has 0 spiro atoms. The fraction of sp³-hybridized carbons (Fsp3) is 0.519. The molecule has 0 bridgehead atoms. The molecule has 2 atom stereocenters. The first-order chi connectivity index (χ1) is 16.5. The Kier molecular flexibility index (Phi) is 5.57. The van der Waals surface area contributed by atoms with Crippen LogP contribution >= 0.6 is 0 Å². The van der Waals surface area contributed by atoms with Crippen LogP contribution in [0.5, 0.6) is 5.75 Å². The first-order valence-electron chi connectivity index (χ1n) is 12.4. The van der Waals surface area contributed by atoms with E-state index in [2.05, 4.69) is 51.2 Å². The quantitative estimate of drug-likeness (QED) is 0.524. The Morgan fingerprint density at radius 3 is 2.68 bits per heavy atom. The van der Waals surface area contributed by atoms with E-state index in [1.54, 1.807) is 0 Å². The van der Waals surface area contributed by atoms with E-state index in [1.807, 2.05) is 18.3 Å². The topological polar surface area (TPSA) is 44.4 Å². The zero-order chi connectivity index (χ0) is 23.3. The minimum atomic E-state index is -1.05. The highest BCUT2D eigenvalue weighted by Crippen LogP contribution is 2.46. The average Bonchev–Trinajstić information content (AvgIpc) is 3.34. The van der Waals surface area contributed by atoms with Gasteiger partial charge in [-0.15, -0.1) is 0 Å². The molecule has 3 aliphatic rings. The minimum Gasteiger partial charge on any atom is -0.492 e. The van der Waals surface area contributed by atoms with Crippen molar-refractivity contribution in [2.24, 2.45) is 5.92 Å². The molecular weight excluding hydrogens is 434 g/mol. The number of nitrogens with zero attached hydrogens (tertiary/aromatic N) is 3. The van der Waals surface area contributed by atoms with Crippen LogP contribution in [-0.4, -0.2) is 71.2 Å². The van der Waals surface area contributed by atoms with Crippen LogP contribution in [0.4, 0.5) is 8.78 Å². The van der Waals surface area contributed by atoms with E-state index in [1.165, 1.54) is 11.1 Å². The molecule has 6 rings (SSSR count). The third-order valence-electron chi connectivity index (χ3n) is 7.85. The summed E-state index contributed by atoms with van der Waals surface area (Å²) in [5.41, 5.74) is 3.70. The second-order valence-electron chi connectivity index (χ2n) is 10.4. The number of ether oxygens (including phenoxy) is 1. The summed E-state index contributed by atoms with van der Waals surface area (Å²) in [6.07, 6.45) is 4.12. The van der Waals surface area contributed by atoms with E-state index in [4.69, 9.17) is 4.74 Å². The Morgan fingerprint density at radius 2 is 1.94 bits per heavy atom. The molecule has 0 amide bonds. The van der Waals surface area contributed by atoms with Crippen molar-refractivity contribution in [3.8, 4) is 5.75 Å². The highest BCUT2D eigenvalue weighted by atomic mass is 19.1. The molecule has 1 aliphatic carbocycles. The van der Waals surface area contributed by atoms with Crippen molar-refractivity contribution < 1.29 is 13.5 Å². The molecule has 34 heavy (non-hydrogen) atoms. The molecule has 2 fully saturated rings. The van der Waals surface area contributed by atoms with Crippen molar-refractivity contribution in [2.75, 3.05) is 39.5 Å². The van der Waals surface area contributed by atoms with Gasteiger partial charge in [-0.1, -0.05) is 18.2 Å². The SMILES string of the molecule is C[C@@H]1Cc2c(ccc3[nH]ncc23)[C@@H](c2ccc(OCCN3CC(CF)C3)cc2)N1CC1(F)CC1. The molecule has 3 aromatic rings. The van der Waals surface area contributed by atoms with Gasteiger partial charge < -0.3 is 4.74 Å². The summed E-state index contributed by atoms with van der Waals surface area (Å²) < 4.78 is 33.5.